The van der Waals surface area contributed by atoms with Crippen molar-refractivity contribution >= 4 is 11.8 Å². The van der Waals surface area contributed by atoms with Crippen molar-refractivity contribution in [2.24, 2.45) is 0 Å². The fourth-order valence-corrected chi connectivity index (χ4v) is 2.45. The minimum atomic E-state index is -0.734. The highest BCUT2D eigenvalue weighted by Gasteiger charge is 2.09. The molecule has 0 radical (unpaired) electrons. The van der Waals surface area contributed by atoms with Gasteiger partial charge in [0.1, 0.15) is 5.82 Å². The summed E-state index contributed by atoms with van der Waals surface area (Å²) in [6, 6.07) is 4.29. The van der Waals surface area contributed by atoms with Gasteiger partial charge in [0.25, 0.3) is 0 Å². The van der Waals surface area contributed by atoms with Crippen molar-refractivity contribution < 1.29 is 14.6 Å². The number of carboxylic acid groups (broad SMARTS) is 1. The Morgan fingerprint density at radius 2 is 2.14 bits per heavy atom. The minimum Gasteiger partial charge on any atom is -0.481 e. The number of fused-ring (bicyclic) bond motifs is 1. The summed E-state index contributed by atoms with van der Waals surface area (Å²) < 4.78 is 5.51. The third-order valence-electron chi connectivity index (χ3n) is 3.60. The first-order valence-corrected chi connectivity index (χ1v) is 7.78. The largest absolute Gasteiger partial charge is 0.481 e. The van der Waals surface area contributed by atoms with Crippen molar-refractivity contribution in [1.29, 1.82) is 0 Å². The zero-order valence-electron chi connectivity index (χ0n) is 12.4. The molecule has 0 saturated heterocycles. The Morgan fingerprint density at radius 3 is 3.00 bits per heavy atom. The van der Waals surface area contributed by atoms with E-state index in [4.69, 9.17) is 9.84 Å². The molecule has 2 N–H and O–H groups in total. The summed E-state index contributed by atoms with van der Waals surface area (Å²) in [6.45, 7) is 2.37. The quantitative estimate of drug-likeness (QED) is 0.685. The van der Waals surface area contributed by atoms with Gasteiger partial charge in [-0.25, -0.2) is 4.98 Å². The Hall–Kier alpha value is -1.62. The van der Waals surface area contributed by atoms with Crippen LogP contribution in [0.3, 0.4) is 0 Å². The molecule has 116 valence electrons. The molecule has 1 aliphatic heterocycles. The van der Waals surface area contributed by atoms with Crippen molar-refractivity contribution in [2.75, 3.05) is 25.1 Å². The summed E-state index contributed by atoms with van der Waals surface area (Å²) in [5.74, 6) is 0.315. The normalized spacial score (nSPS) is 13.5. The van der Waals surface area contributed by atoms with Gasteiger partial charge in [0.2, 0.25) is 0 Å². The fourth-order valence-electron chi connectivity index (χ4n) is 2.45. The first kappa shape index (κ1) is 15.8. The number of nitrogens with zero attached hydrogens (tertiary/aromatic N) is 1. The topological polar surface area (TPSA) is 71.5 Å². The van der Waals surface area contributed by atoms with Gasteiger partial charge in [-0.1, -0.05) is 6.07 Å². The van der Waals surface area contributed by atoms with Gasteiger partial charge >= 0.3 is 5.97 Å². The standard InChI is InChI=1S/C16H24N2O3/c19-15(20)7-1-2-11-21-12-4-6-14-9-8-13-5-3-10-17-16(13)18-14/h8-9H,1-7,10-12H2,(H,17,18)(H,19,20). The Morgan fingerprint density at radius 1 is 1.29 bits per heavy atom. The zero-order valence-corrected chi connectivity index (χ0v) is 12.4. The van der Waals surface area contributed by atoms with Crippen molar-refractivity contribution in [3.05, 3.63) is 23.4 Å². The van der Waals surface area contributed by atoms with Gasteiger partial charge < -0.3 is 15.2 Å². The number of aliphatic carboxylic acids is 1. The third kappa shape index (κ3) is 5.71. The van der Waals surface area contributed by atoms with Crippen LogP contribution in [0.25, 0.3) is 0 Å². The van der Waals surface area contributed by atoms with Gasteiger partial charge in [0.15, 0.2) is 0 Å². The minimum absolute atomic E-state index is 0.232. The van der Waals surface area contributed by atoms with E-state index in [1.165, 1.54) is 12.0 Å². The van der Waals surface area contributed by atoms with E-state index in [-0.39, 0.29) is 6.42 Å². The number of carbonyl (C=O) groups is 1. The van der Waals surface area contributed by atoms with Crippen LogP contribution in [0.4, 0.5) is 5.82 Å². The summed E-state index contributed by atoms with van der Waals surface area (Å²) in [5.41, 5.74) is 2.43. The van der Waals surface area contributed by atoms with Crippen molar-refractivity contribution in [3.8, 4) is 0 Å². The molecular weight excluding hydrogens is 268 g/mol. The number of rotatable bonds is 9. The van der Waals surface area contributed by atoms with Crippen LogP contribution in [0, 0.1) is 0 Å². The zero-order chi connectivity index (χ0) is 14.9. The second-order valence-electron chi connectivity index (χ2n) is 5.41. The number of unbranched alkanes of at least 4 members (excludes halogenated alkanes) is 1. The van der Waals surface area contributed by atoms with Gasteiger partial charge in [-0.05, 0) is 50.2 Å². The summed E-state index contributed by atoms with van der Waals surface area (Å²) in [4.78, 5) is 15.0. The lowest BCUT2D eigenvalue weighted by molar-refractivity contribution is -0.137. The van der Waals surface area contributed by atoms with Gasteiger partial charge in [0, 0.05) is 31.9 Å². The number of aromatic nitrogens is 1. The number of hydrogen-bond donors (Lipinski definition) is 2. The maximum absolute atomic E-state index is 10.3. The van der Waals surface area contributed by atoms with Crippen LogP contribution in [0.5, 0.6) is 0 Å². The van der Waals surface area contributed by atoms with E-state index in [2.05, 4.69) is 22.4 Å². The molecule has 0 atom stereocenters. The number of aryl methyl sites for hydroxylation is 2. The Bertz CT molecular complexity index is 463. The lowest BCUT2D eigenvalue weighted by Gasteiger charge is -2.17. The van der Waals surface area contributed by atoms with E-state index in [0.717, 1.165) is 43.7 Å². The monoisotopic (exact) mass is 292 g/mol. The SMILES string of the molecule is O=C(O)CCCCOCCCc1ccc2c(n1)NCCC2. The molecule has 0 saturated carbocycles. The maximum atomic E-state index is 10.3. The van der Waals surface area contributed by atoms with Crippen LogP contribution in [0.2, 0.25) is 0 Å². The molecule has 1 aliphatic rings. The molecule has 2 heterocycles. The van der Waals surface area contributed by atoms with Crippen molar-refractivity contribution in [3.63, 3.8) is 0 Å². The number of pyridine rings is 1. The molecule has 5 nitrogen and oxygen atoms in total. The van der Waals surface area contributed by atoms with Crippen molar-refractivity contribution in [1.82, 2.24) is 4.98 Å². The van der Waals surface area contributed by atoms with Crippen LogP contribution in [0.15, 0.2) is 12.1 Å². The van der Waals surface area contributed by atoms with E-state index < -0.39 is 5.97 Å². The molecule has 21 heavy (non-hydrogen) atoms. The van der Waals surface area contributed by atoms with E-state index in [9.17, 15) is 4.79 Å². The first-order valence-electron chi connectivity index (χ1n) is 7.78. The molecule has 0 unspecified atom stereocenters. The molecule has 0 spiro atoms. The third-order valence-corrected chi connectivity index (χ3v) is 3.60. The molecule has 0 fully saturated rings. The molecule has 0 aliphatic carbocycles. The van der Waals surface area contributed by atoms with Gasteiger partial charge in [-0.2, -0.15) is 0 Å². The lowest BCUT2D eigenvalue weighted by atomic mass is 10.1. The summed E-state index contributed by atoms with van der Waals surface area (Å²) >= 11 is 0. The van der Waals surface area contributed by atoms with Gasteiger partial charge in [-0.3, -0.25) is 4.79 Å². The average Bonchev–Trinajstić information content (AvgIpc) is 2.49. The molecular formula is C16H24N2O3. The smallest absolute Gasteiger partial charge is 0.303 e. The number of ether oxygens (including phenoxy) is 1. The number of carboxylic acids is 1. The van der Waals surface area contributed by atoms with E-state index in [1.807, 2.05) is 0 Å². The maximum Gasteiger partial charge on any atom is 0.303 e. The molecule has 5 heteroatoms. The predicted octanol–water partition coefficient (Wildman–Crippen LogP) is 2.64. The number of hydrogen-bond acceptors (Lipinski definition) is 4. The summed E-state index contributed by atoms with van der Waals surface area (Å²) in [5, 5.41) is 11.9. The molecule has 0 bridgehead atoms. The highest BCUT2D eigenvalue weighted by molar-refractivity contribution is 5.66. The Kier molecular flexibility index (Phi) is 6.47. The highest BCUT2D eigenvalue weighted by Crippen LogP contribution is 2.20. The second kappa shape index (κ2) is 8.62. The van der Waals surface area contributed by atoms with Crippen LogP contribution < -0.4 is 5.32 Å². The predicted molar refractivity (Wildman–Crippen MR) is 81.7 cm³/mol. The van der Waals surface area contributed by atoms with Crippen LogP contribution >= 0.6 is 0 Å². The molecule has 0 aromatic carbocycles. The highest BCUT2D eigenvalue weighted by atomic mass is 16.5. The Labute approximate surface area is 125 Å². The first-order chi connectivity index (χ1) is 10.3. The van der Waals surface area contributed by atoms with Crippen molar-refractivity contribution in [2.45, 2.75) is 44.9 Å². The summed E-state index contributed by atoms with van der Waals surface area (Å²) in [6.07, 6.45) is 5.91. The fraction of sp³-hybridized carbons (Fsp3) is 0.625. The van der Waals surface area contributed by atoms with Gasteiger partial charge in [0.05, 0.1) is 0 Å². The molecule has 0 amide bonds. The second-order valence-corrected chi connectivity index (χ2v) is 5.41. The van der Waals surface area contributed by atoms with Crippen LogP contribution in [-0.2, 0) is 22.4 Å². The Balaban J connectivity index is 1.57. The van der Waals surface area contributed by atoms with E-state index in [1.54, 1.807) is 0 Å². The average molecular weight is 292 g/mol. The van der Waals surface area contributed by atoms with E-state index in [0.29, 0.717) is 19.6 Å². The van der Waals surface area contributed by atoms with Gasteiger partial charge in [-0.15, -0.1) is 0 Å². The molecule has 1 aromatic heterocycles. The van der Waals surface area contributed by atoms with Crippen LogP contribution in [-0.4, -0.2) is 35.8 Å². The van der Waals surface area contributed by atoms with Crippen LogP contribution in [0.1, 0.15) is 43.4 Å². The summed E-state index contributed by atoms with van der Waals surface area (Å²) in [7, 11) is 0. The molecule has 1 aromatic rings. The molecule has 2 rings (SSSR count). The number of nitrogens with one attached hydrogen (secondary N) is 1. The number of anilines is 1. The van der Waals surface area contributed by atoms with E-state index >= 15 is 0 Å². The lowest BCUT2D eigenvalue weighted by Crippen LogP contribution is -2.14.